The number of halogens is 1. The summed E-state index contributed by atoms with van der Waals surface area (Å²) in [7, 11) is 2.95. The van der Waals surface area contributed by atoms with Gasteiger partial charge in [-0.05, 0) is 54.1 Å². The zero-order chi connectivity index (χ0) is 22.8. The minimum Gasteiger partial charge on any atom is -0.507 e. The molecule has 1 N–H and O–H groups in total. The highest BCUT2D eigenvalue weighted by atomic mass is 79.9. The number of carbonyl (C=O) groups is 2. The van der Waals surface area contributed by atoms with Gasteiger partial charge in [0.05, 0.1) is 31.4 Å². The van der Waals surface area contributed by atoms with E-state index < -0.39 is 17.7 Å². The predicted molar refractivity (Wildman–Crippen MR) is 123 cm³/mol. The van der Waals surface area contributed by atoms with Crippen LogP contribution in [0.3, 0.4) is 0 Å². The highest BCUT2D eigenvalue weighted by Crippen LogP contribution is 2.43. The number of benzene rings is 2. The van der Waals surface area contributed by atoms with Crippen LogP contribution in [0.25, 0.3) is 5.76 Å². The molecule has 1 unspecified atom stereocenters. The van der Waals surface area contributed by atoms with Gasteiger partial charge >= 0.3 is 0 Å². The predicted octanol–water partition coefficient (Wildman–Crippen LogP) is 4.49. The molecule has 0 spiro atoms. The fourth-order valence-electron chi connectivity index (χ4n) is 3.73. The van der Waals surface area contributed by atoms with Gasteiger partial charge in [-0.25, -0.2) is 0 Å². The minimum absolute atomic E-state index is 0.0484. The van der Waals surface area contributed by atoms with Gasteiger partial charge in [0.1, 0.15) is 17.3 Å². The minimum atomic E-state index is -0.858. The number of pyridine rings is 1. The number of carbonyl (C=O) groups excluding carboxylic acids is 2. The molecule has 1 aliphatic heterocycles. The maximum atomic E-state index is 13.2. The van der Waals surface area contributed by atoms with Crippen LogP contribution in [0.1, 0.15) is 17.2 Å². The van der Waals surface area contributed by atoms with E-state index in [1.165, 1.54) is 19.1 Å². The summed E-state index contributed by atoms with van der Waals surface area (Å²) in [6.45, 7) is 0. The van der Waals surface area contributed by atoms with E-state index in [0.29, 0.717) is 22.7 Å². The van der Waals surface area contributed by atoms with Crippen molar-refractivity contribution in [2.24, 2.45) is 0 Å². The number of amides is 1. The summed E-state index contributed by atoms with van der Waals surface area (Å²) in [5.74, 6) is -1.08. The summed E-state index contributed by atoms with van der Waals surface area (Å²) in [6, 6.07) is 14.5. The van der Waals surface area contributed by atoms with Crippen LogP contribution in [0.2, 0.25) is 0 Å². The Morgan fingerprint density at radius 2 is 1.78 bits per heavy atom. The van der Waals surface area contributed by atoms with Crippen LogP contribution < -0.4 is 14.4 Å². The number of methoxy groups -OCH3 is 2. The first-order valence-electron chi connectivity index (χ1n) is 9.65. The molecular formula is C24H19BrN2O5. The summed E-state index contributed by atoms with van der Waals surface area (Å²) >= 11 is 3.41. The molecule has 0 bridgehead atoms. The Balaban J connectivity index is 1.98. The monoisotopic (exact) mass is 494 g/mol. The van der Waals surface area contributed by atoms with Crippen LogP contribution in [0.4, 0.5) is 5.69 Å². The van der Waals surface area contributed by atoms with Crippen molar-refractivity contribution in [2.45, 2.75) is 6.04 Å². The number of ketones is 1. The largest absolute Gasteiger partial charge is 0.507 e. The summed E-state index contributed by atoms with van der Waals surface area (Å²) in [5, 5.41) is 11.3. The number of aromatic nitrogens is 1. The van der Waals surface area contributed by atoms with E-state index in [0.717, 1.165) is 4.47 Å². The Labute approximate surface area is 193 Å². The van der Waals surface area contributed by atoms with Crippen molar-refractivity contribution in [3.63, 3.8) is 0 Å². The number of ether oxygens (including phenoxy) is 2. The Kier molecular flexibility index (Phi) is 5.96. The molecule has 1 amide bonds. The highest BCUT2D eigenvalue weighted by Gasteiger charge is 2.47. The van der Waals surface area contributed by atoms with Gasteiger partial charge in [0.15, 0.2) is 0 Å². The molecule has 4 rings (SSSR count). The number of aliphatic hydroxyl groups excluding tert-OH is 1. The number of aliphatic hydroxyl groups is 1. The van der Waals surface area contributed by atoms with Gasteiger partial charge in [-0.15, -0.1) is 0 Å². The Morgan fingerprint density at radius 3 is 2.44 bits per heavy atom. The normalized spacial score (nSPS) is 17.5. The van der Waals surface area contributed by atoms with Crippen LogP contribution in [0, 0.1) is 0 Å². The van der Waals surface area contributed by atoms with E-state index in [-0.39, 0.29) is 16.9 Å². The maximum Gasteiger partial charge on any atom is 0.300 e. The lowest BCUT2D eigenvalue weighted by Gasteiger charge is -2.25. The van der Waals surface area contributed by atoms with E-state index in [9.17, 15) is 14.7 Å². The van der Waals surface area contributed by atoms with E-state index in [4.69, 9.17) is 9.47 Å². The number of nitrogens with zero attached hydrogens (tertiary/aromatic N) is 2. The van der Waals surface area contributed by atoms with Crippen LogP contribution in [-0.2, 0) is 9.59 Å². The number of hydrogen-bond acceptors (Lipinski definition) is 6. The molecule has 0 saturated carbocycles. The van der Waals surface area contributed by atoms with Gasteiger partial charge in [-0.3, -0.25) is 19.5 Å². The van der Waals surface area contributed by atoms with Crippen LogP contribution in [0.5, 0.6) is 11.5 Å². The second-order valence-electron chi connectivity index (χ2n) is 7.00. The molecule has 3 aromatic rings. The van der Waals surface area contributed by atoms with Crippen molar-refractivity contribution in [3.05, 3.63) is 88.2 Å². The Morgan fingerprint density at radius 1 is 1.03 bits per heavy atom. The second-order valence-corrected chi connectivity index (χ2v) is 7.91. The average molecular weight is 495 g/mol. The first-order chi connectivity index (χ1) is 15.5. The maximum absolute atomic E-state index is 13.2. The van der Waals surface area contributed by atoms with E-state index in [1.54, 1.807) is 60.9 Å². The van der Waals surface area contributed by atoms with Gasteiger partial charge in [-0.2, -0.15) is 0 Å². The van der Waals surface area contributed by atoms with Gasteiger partial charge in [-0.1, -0.05) is 22.0 Å². The van der Waals surface area contributed by atoms with E-state index in [2.05, 4.69) is 20.9 Å². The molecule has 0 aliphatic carbocycles. The van der Waals surface area contributed by atoms with Crippen molar-refractivity contribution < 1.29 is 24.2 Å². The lowest BCUT2D eigenvalue weighted by atomic mass is 9.95. The fourth-order valence-corrected chi connectivity index (χ4v) is 4.12. The Hall–Kier alpha value is -3.65. The molecule has 2 aromatic carbocycles. The molecule has 1 fully saturated rings. The standard InChI is InChI=1S/C24H19BrN2O5/c1-31-17-6-7-19(32-2)18(13-17)22(28)20-21(14-8-10-26-11-9-14)27(24(30)23(20)29)16-5-3-4-15(25)12-16/h3-13,21,28H,1-2H3/b22-20+. The molecule has 1 aromatic heterocycles. The second kappa shape index (κ2) is 8.84. The SMILES string of the molecule is COc1ccc(OC)c(/C(O)=C2\C(=O)C(=O)N(c3cccc(Br)c3)C2c2ccncc2)c1. The number of rotatable bonds is 5. The van der Waals surface area contributed by atoms with Gasteiger partial charge in [0.2, 0.25) is 0 Å². The number of anilines is 1. The van der Waals surface area contributed by atoms with Gasteiger partial charge in [0.25, 0.3) is 11.7 Å². The average Bonchev–Trinajstić information content (AvgIpc) is 3.09. The molecule has 7 nitrogen and oxygen atoms in total. The van der Waals surface area contributed by atoms with E-state index in [1.807, 2.05) is 6.07 Å². The zero-order valence-electron chi connectivity index (χ0n) is 17.3. The van der Waals surface area contributed by atoms with E-state index >= 15 is 0 Å². The molecule has 2 heterocycles. The molecule has 1 aliphatic rings. The van der Waals surface area contributed by atoms with Gasteiger partial charge < -0.3 is 14.6 Å². The van der Waals surface area contributed by atoms with Crippen LogP contribution in [0.15, 0.2) is 77.0 Å². The quantitative estimate of drug-likeness (QED) is 0.319. The van der Waals surface area contributed by atoms with Crippen molar-refractivity contribution in [1.82, 2.24) is 4.98 Å². The smallest absolute Gasteiger partial charge is 0.300 e. The van der Waals surface area contributed by atoms with Crippen molar-refractivity contribution in [2.75, 3.05) is 19.1 Å². The molecule has 32 heavy (non-hydrogen) atoms. The molecule has 0 radical (unpaired) electrons. The van der Waals surface area contributed by atoms with Crippen molar-refractivity contribution >= 4 is 39.1 Å². The first-order valence-corrected chi connectivity index (χ1v) is 10.4. The van der Waals surface area contributed by atoms with Crippen LogP contribution >= 0.6 is 15.9 Å². The summed E-state index contributed by atoms with van der Waals surface area (Å²) in [6.07, 6.45) is 3.14. The zero-order valence-corrected chi connectivity index (χ0v) is 18.9. The third-order valence-corrected chi connectivity index (χ3v) is 5.71. The topological polar surface area (TPSA) is 89.0 Å². The third kappa shape index (κ3) is 3.73. The third-order valence-electron chi connectivity index (χ3n) is 5.21. The summed E-state index contributed by atoms with van der Waals surface area (Å²) in [5.41, 5.74) is 1.34. The van der Waals surface area contributed by atoms with Crippen molar-refractivity contribution in [3.8, 4) is 11.5 Å². The summed E-state index contributed by atoms with van der Waals surface area (Å²) in [4.78, 5) is 31.8. The lowest BCUT2D eigenvalue weighted by Crippen LogP contribution is -2.29. The lowest BCUT2D eigenvalue weighted by molar-refractivity contribution is -0.132. The van der Waals surface area contributed by atoms with Crippen molar-refractivity contribution in [1.29, 1.82) is 0 Å². The Bertz CT molecular complexity index is 1230. The fraction of sp³-hybridized carbons (Fsp3) is 0.125. The number of Topliss-reactive ketones (excluding diaryl/α,β-unsaturated/α-hetero) is 1. The van der Waals surface area contributed by atoms with Gasteiger partial charge in [0, 0.05) is 22.6 Å². The first kappa shape index (κ1) is 21.6. The van der Waals surface area contributed by atoms with Crippen LogP contribution in [-0.4, -0.2) is 36.0 Å². The summed E-state index contributed by atoms with van der Waals surface area (Å²) < 4.78 is 11.4. The molecule has 1 atom stereocenters. The molecule has 8 heteroatoms. The number of hydrogen-bond donors (Lipinski definition) is 1. The molecule has 1 saturated heterocycles. The molecule has 162 valence electrons. The highest BCUT2D eigenvalue weighted by molar-refractivity contribution is 9.10. The molecular weight excluding hydrogens is 476 g/mol.